The van der Waals surface area contributed by atoms with E-state index in [1.54, 1.807) is 12.1 Å². The normalized spacial score (nSPS) is 11.6. The molecule has 95 heavy (non-hydrogen) atoms. The van der Waals surface area contributed by atoms with Crippen LogP contribution in [0, 0.1) is 0 Å². The Morgan fingerprint density at radius 3 is 0.789 bits per heavy atom. The molecule has 0 aliphatic carbocycles. The van der Waals surface area contributed by atoms with E-state index in [9.17, 15) is 0 Å². The first kappa shape index (κ1) is 57.2. The minimum atomic E-state index is 0. The molecule has 16 aromatic carbocycles. The van der Waals surface area contributed by atoms with Gasteiger partial charge in [0.2, 0.25) is 0 Å². The number of para-hydroxylation sites is 1. The Kier molecular flexibility index (Phi) is 14.1. The molecule has 20 aromatic rings. The number of aromatic nitrogens is 2. The summed E-state index contributed by atoms with van der Waals surface area (Å²) >= 11 is 6.75. The molecule has 0 fully saturated rings. The lowest BCUT2D eigenvalue weighted by atomic mass is 9.96. The zero-order chi connectivity index (χ0) is 62.4. The van der Waals surface area contributed by atoms with Crippen molar-refractivity contribution in [1.29, 1.82) is 0 Å². The first-order valence-electron chi connectivity index (χ1n) is 31.8. The molecule has 0 spiro atoms. The van der Waals surface area contributed by atoms with Crippen LogP contribution in [0.2, 0.25) is 5.02 Å². The number of nitrogens with zero attached hydrogens (tertiary/aromatic N) is 2. The highest BCUT2D eigenvalue weighted by atomic mass is 35.5. The molecule has 0 atom stereocenters. The number of benzene rings is 16. The quantitative estimate of drug-likeness (QED) is 0.162. The first-order chi connectivity index (χ1) is 46.4. The zero-order valence-corrected chi connectivity index (χ0v) is 51.6. The summed E-state index contributed by atoms with van der Waals surface area (Å²) in [5, 5.41) is 29.0. The topological polar surface area (TPSA) is 38.3 Å². The van der Waals surface area contributed by atoms with Crippen LogP contribution in [0.1, 0.15) is 7.43 Å². The lowest BCUT2D eigenvalue weighted by Gasteiger charge is -2.08. The molecule has 0 aliphatic heterocycles. The highest BCUT2D eigenvalue weighted by molar-refractivity contribution is 6.35. The molecule has 0 aliphatic rings. The van der Waals surface area contributed by atoms with Crippen molar-refractivity contribution in [3.8, 4) is 61.4 Å². The van der Waals surface area contributed by atoms with Crippen molar-refractivity contribution in [2.24, 2.45) is 0 Å². The second kappa shape index (κ2) is 23.4. The maximum atomic E-state index is 8.17. The van der Waals surface area contributed by atoms with E-state index in [1.165, 1.54) is 175 Å². The van der Waals surface area contributed by atoms with E-state index in [-0.39, 0.29) is 7.43 Å². The molecule has 4 nitrogen and oxygen atoms in total. The summed E-state index contributed by atoms with van der Waals surface area (Å²) in [6.45, 7) is 0. The summed E-state index contributed by atoms with van der Waals surface area (Å²) in [6, 6.07) is 118. The second-order valence-corrected chi connectivity index (χ2v) is 25.0. The molecule has 0 bridgehead atoms. The second-order valence-electron chi connectivity index (χ2n) is 24.5. The Balaban J connectivity index is 0.000000127. The fourth-order valence-corrected chi connectivity index (χ4v) is 14.8. The monoisotopic (exact) mass is 1230 g/mol. The van der Waals surface area contributed by atoms with Gasteiger partial charge in [-0.3, -0.25) is 0 Å². The summed E-state index contributed by atoms with van der Waals surface area (Å²) < 4.78 is 9.61. The summed E-state index contributed by atoms with van der Waals surface area (Å²) in [4.78, 5) is 0. The van der Waals surface area contributed by atoms with Crippen LogP contribution >= 0.6 is 11.6 Å². The molecule has 20 rings (SSSR count). The molecule has 1 N–H and O–H groups in total. The largest absolute Gasteiger partial charge is 0.569 e. The van der Waals surface area contributed by atoms with Crippen molar-refractivity contribution in [1.82, 2.24) is 8.80 Å². The van der Waals surface area contributed by atoms with Crippen molar-refractivity contribution < 1.29 is 9.68 Å². The summed E-state index contributed by atoms with van der Waals surface area (Å²) in [6.07, 6.45) is 0. The predicted octanol–water partition coefficient (Wildman–Crippen LogP) is 24.5. The van der Waals surface area contributed by atoms with E-state index in [0.717, 1.165) is 5.02 Å². The predicted molar refractivity (Wildman–Crippen MR) is 406 cm³/mol. The van der Waals surface area contributed by atoms with Gasteiger partial charge in [0.25, 0.3) is 0 Å². The third-order valence-corrected chi connectivity index (χ3v) is 19.3. The molecule has 1 radical (unpaired) electrons. The molecule has 6 heteroatoms. The molecule has 4 heterocycles. The molecular weight excluding hydrogens is 1180 g/mol. The Hall–Kier alpha value is -11.7. The summed E-state index contributed by atoms with van der Waals surface area (Å²) in [7, 11) is 0.662. The van der Waals surface area contributed by atoms with Gasteiger partial charge >= 0.3 is 7.69 Å². The van der Waals surface area contributed by atoms with E-state index < -0.39 is 0 Å². The Bertz CT molecular complexity index is 5940. The van der Waals surface area contributed by atoms with Gasteiger partial charge in [-0.25, -0.2) is 0 Å². The lowest BCUT2D eigenvalue weighted by molar-refractivity contribution is 0.454. The third-order valence-electron chi connectivity index (χ3n) is 19.0. The van der Waals surface area contributed by atoms with Crippen molar-refractivity contribution in [3.63, 3.8) is 0 Å². The average molecular weight is 1230 g/mol. The molecule has 447 valence electrons. The highest BCUT2D eigenvalue weighted by Crippen LogP contribution is 2.47. The average Bonchev–Trinajstić information content (AvgIpc) is 1.54. The Labute approximate surface area is 554 Å². The number of halogens is 1. The van der Waals surface area contributed by atoms with E-state index >= 15 is 0 Å². The van der Waals surface area contributed by atoms with E-state index in [0.29, 0.717) is 13.4 Å². The smallest absolute Gasteiger partial charge is 0.537 e. The molecular formula is C89H59BClN2O2. The number of rotatable bonds is 7. The molecule has 0 amide bonds. The van der Waals surface area contributed by atoms with Gasteiger partial charge in [-0.1, -0.05) is 237 Å². The maximum Gasteiger partial charge on any atom is 0.569 e. The van der Waals surface area contributed by atoms with Crippen LogP contribution in [-0.2, 0) is 0 Å². The molecule has 4 aromatic heterocycles. The van der Waals surface area contributed by atoms with Crippen molar-refractivity contribution in [2.75, 3.05) is 0 Å². The molecule has 0 saturated heterocycles. The van der Waals surface area contributed by atoms with E-state index in [4.69, 9.17) is 16.6 Å². The van der Waals surface area contributed by atoms with Crippen LogP contribution in [0.3, 0.4) is 0 Å². The third kappa shape index (κ3) is 9.91. The van der Waals surface area contributed by atoms with Crippen LogP contribution in [0.5, 0.6) is 5.75 Å². The van der Waals surface area contributed by atoms with Crippen molar-refractivity contribution in [2.45, 2.75) is 7.43 Å². The lowest BCUT2D eigenvalue weighted by Crippen LogP contribution is -1.98. The first-order valence-corrected chi connectivity index (χ1v) is 32.2. The van der Waals surface area contributed by atoms with Gasteiger partial charge in [0.15, 0.2) is 0 Å². The van der Waals surface area contributed by atoms with Crippen molar-refractivity contribution >= 4 is 139 Å². The van der Waals surface area contributed by atoms with Gasteiger partial charge in [0.1, 0.15) is 0 Å². The van der Waals surface area contributed by atoms with Crippen LogP contribution in [0.15, 0.2) is 328 Å². The summed E-state index contributed by atoms with van der Waals surface area (Å²) in [5.41, 5.74) is 19.9. The molecule has 0 unspecified atom stereocenters. The fraction of sp³-hybridized carbons (Fsp3) is 0.0112. The van der Waals surface area contributed by atoms with E-state index in [2.05, 4.69) is 311 Å². The van der Waals surface area contributed by atoms with Gasteiger partial charge in [-0.05, 0) is 208 Å². The van der Waals surface area contributed by atoms with Gasteiger partial charge in [0.05, 0.1) is 38.8 Å². The number of hydrogen-bond donors (Lipinski definition) is 1. The van der Waals surface area contributed by atoms with Crippen LogP contribution < -0.4 is 4.65 Å². The fourth-order valence-electron chi connectivity index (χ4n) is 14.6. The maximum absolute atomic E-state index is 8.17. The van der Waals surface area contributed by atoms with E-state index in [1.807, 2.05) is 18.2 Å². The van der Waals surface area contributed by atoms with Gasteiger partial charge < -0.3 is 18.5 Å². The minimum absolute atomic E-state index is 0. The van der Waals surface area contributed by atoms with Crippen LogP contribution in [-0.4, -0.2) is 21.5 Å². The molecule has 0 saturated carbocycles. The van der Waals surface area contributed by atoms with Crippen LogP contribution in [0.4, 0.5) is 0 Å². The van der Waals surface area contributed by atoms with Gasteiger partial charge in [0, 0.05) is 48.1 Å². The number of hydrogen-bond acceptors (Lipinski definition) is 2. The SMILES string of the molecule is C.Clc1cc2c3cc4ccc(-c5ccccc5)cc4cc3n3c4cc5cc(-c6ccccc6)ccc5cc4c(c1)c23.O[B]Oc1ccccc1.c1ccc(-c2ccc3cc4c5cc(-c6ccccc6)cc6c7cc8ccc(-c9ccccc9)cc8cc7n(c4cc3c2)c56)cc1. The zero-order valence-electron chi connectivity index (χ0n) is 50.9. The minimum Gasteiger partial charge on any atom is -0.537 e. The van der Waals surface area contributed by atoms with Crippen molar-refractivity contribution in [3.05, 3.63) is 333 Å². The Morgan fingerprint density at radius 2 is 0.505 bits per heavy atom. The standard InChI is InChI=1S/C44H27N.C38H22ClN.C6H6BO2.CH4/c1-4-10-28(11-5-1)31-16-18-33-22-38-40-24-37(30-14-8-3-9-15-30)25-41-39-23-34-19-17-32(29-12-6-2-7-13-29)21-36(34)27-43(39)45(44(40)41)42(38)26-35(33)20-31;39-31-21-34-32-17-27-13-11-25(23-7-3-1-4-8-23)15-29(27)19-36(32)40-37-20-30-16-26(24-9-5-2-6-10-24)12-14-28(30)18-33(37)35(22-31)38(34)40;8-7-9-6-4-2-1-3-5-6;/h1-27H;1-22H;1-5,8H;1H4. The van der Waals surface area contributed by atoms with Crippen LogP contribution in [0.25, 0.3) is 175 Å². The summed E-state index contributed by atoms with van der Waals surface area (Å²) in [5.74, 6) is 0.639. The highest BCUT2D eigenvalue weighted by Gasteiger charge is 2.23. The van der Waals surface area contributed by atoms with Gasteiger partial charge in [-0.2, -0.15) is 0 Å². The number of fused-ring (bicyclic) bond motifs is 16. The Morgan fingerprint density at radius 1 is 0.242 bits per heavy atom. The van der Waals surface area contributed by atoms with Gasteiger partial charge in [-0.15, -0.1) is 0 Å².